The molecule has 6 heteroatoms. The van der Waals surface area contributed by atoms with Crippen LogP contribution in [0.5, 0.6) is 0 Å². The minimum Gasteiger partial charge on any atom is -0.367 e. The van der Waals surface area contributed by atoms with E-state index in [0.29, 0.717) is 0 Å². The van der Waals surface area contributed by atoms with Gasteiger partial charge in [0, 0.05) is 33.2 Å². The maximum Gasteiger partial charge on any atom is 0.208 e. The summed E-state index contributed by atoms with van der Waals surface area (Å²) in [6.07, 6.45) is 0. The molecule has 0 atom stereocenters. The number of nitrogens with two attached hydrogens (primary N) is 1. The molecule has 0 saturated carbocycles. The molecule has 0 aliphatic carbocycles. The Morgan fingerprint density at radius 3 is 2.50 bits per heavy atom. The highest BCUT2D eigenvalue weighted by Gasteiger charge is 2.20. The molecule has 0 radical (unpaired) electrons. The molecular formula is C12H18ClN5. The average molecular weight is 268 g/mol. The van der Waals surface area contributed by atoms with Gasteiger partial charge >= 0.3 is 0 Å². The van der Waals surface area contributed by atoms with E-state index in [1.54, 1.807) is 7.05 Å². The fourth-order valence-electron chi connectivity index (χ4n) is 2.16. The molecule has 0 unspecified atom stereocenters. The quantitative estimate of drug-likeness (QED) is 0.344. The normalized spacial score (nSPS) is 16.9. The Hall–Kier alpha value is -1.46. The standard InChI is InChI=1S/C12H18ClN5/c1-15-12(16-14)18-8-6-17(7-9-18)11-5-3-2-4-10(11)13/h2-5H,6-9,14H2,1H3,(H,15,16). The fourth-order valence-corrected chi connectivity index (χ4v) is 2.42. The first kappa shape index (κ1) is 13.0. The van der Waals surface area contributed by atoms with Gasteiger partial charge in [0.25, 0.3) is 0 Å². The molecule has 1 aliphatic heterocycles. The molecule has 1 aromatic rings. The Bertz CT molecular complexity index is 426. The molecule has 0 aromatic heterocycles. The van der Waals surface area contributed by atoms with Crippen molar-refractivity contribution in [1.29, 1.82) is 0 Å². The molecule has 98 valence electrons. The van der Waals surface area contributed by atoms with Crippen LogP contribution in [0.15, 0.2) is 29.3 Å². The lowest BCUT2D eigenvalue weighted by Crippen LogP contribution is -2.54. The molecule has 5 nitrogen and oxygen atoms in total. The van der Waals surface area contributed by atoms with E-state index in [1.165, 1.54) is 0 Å². The number of anilines is 1. The number of para-hydroxylation sites is 1. The first-order valence-electron chi connectivity index (χ1n) is 5.94. The molecular weight excluding hydrogens is 250 g/mol. The Kier molecular flexibility index (Phi) is 4.28. The zero-order chi connectivity index (χ0) is 13.0. The molecule has 1 aromatic carbocycles. The van der Waals surface area contributed by atoms with Gasteiger partial charge in [-0.25, -0.2) is 5.84 Å². The van der Waals surface area contributed by atoms with Crippen LogP contribution in [0.2, 0.25) is 5.02 Å². The van der Waals surface area contributed by atoms with E-state index in [-0.39, 0.29) is 0 Å². The van der Waals surface area contributed by atoms with Gasteiger partial charge in [-0.1, -0.05) is 23.7 Å². The topological polar surface area (TPSA) is 56.9 Å². The molecule has 1 heterocycles. The molecule has 3 N–H and O–H groups in total. The number of hydrazine groups is 1. The Morgan fingerprint density at radius 2 is 1.94 bits per heavy atom. The van der Waals surface area contributed by atoms with Crippen LogP contribution in [0.25, 0.3) is 0 Å². The number of guanidine groups is 1. The Morgan fingerprint density at radius 1 is 1.28 bits per heavy atom. The molecule has 0 amide bonds. The van der Waals surface area contributed by atoms with Gasteiger partial charge in [0.2, 0.25) is 5.96 Å². The molecule has 18 heavy (non-hydrogen) atoms. The zero-order valence-corrected chi connectivity index (χ0v) is 11.2. The molecule has 1 fully saturated rings. The van der Waals surface area contributed by atoms with E-state index < -0.39 is 0 Å². The van der Waals surface area contributed by atoms with E-state index >= 15 is 0 Å². The van der Waals surface area contributed by atoms with Crippen LogP contribution < -0.4 is 16.2 Å². The number of piperazine rings is 1. The second kappa shape index (κ2) is 5.93. The number of rotatable bonds is 1. The summed E-state index contributed by atoms with van der Waals surface area (Å²) in [7, 11) is 1.73. The maximum absolute atomic E-state index is 6.20. The van der Waals surface area contributed by atoms with E-state index in [9.17, 15) is 0 Å². The molecule has 1 aliphatic rings. The first-order chi connectivity index (χ1) is 8.76. The monoisotopic (exact) mass is 267 g/mol. The fraction of sp³-hybridized carbons (Fsp3) is 0.417. The number of aliphatic imine (C=N–C) groups is 1. The van der Waals surface area contributed by atoms with Crippen LogP contribution in [0.1, 0.15) is 0 Å². The van der Waals surface area contributed by atoms with E-state index in [1.807, 2.05) is 24.3 Å². The van der Waals surface area contributed by atoms with Gasteiger partial charge in [-0.15, -0.1) is 0 Å². The third kappa shape index (κ3) is 2.68. The van der Waals surface area contributed by atoms with Gasteiger partial charge in [-0.05, 0) is 12.1 Å². The summed E-state index contributed by atoms with van der Waals surface area (Å²) < 4.78 is 0. The molecule has 1 saturated heterocycles. The van der Waals surface area contributed by atoms with Crippen molar-refractivity contribution in [3.05, 3.63) is 29.3 Å². The van der Waals surface area contributed by atoms with Crippen LogP contribution in [0.3, 0.4) is 0 Å². The Labute approximate surface area is 112 Å². The minimum atomic E-state index is 0.730. The SMILES string of the molecule is CN=C(NN)N1CCN(c2ccccc2Cl)CC1. The van der Waals surface area contributed by atoms with E-state index in [0.717, 1.165) is 42.8 Å². The third-order valence-electron chi connectivity index (χ3n) is 3.11. The summed E-state index contributed by atoms with van der Waals surface area (Å²) >= 11 is 6.20. The lowest BCUT2D eigenvalue weighted by atomic mass is 10.2. The third-order valence-corrected chi connectivity index (χ3v) is 3.43. The highest BCUT2D eigenvalue weighted by molar-refractivity contribution is 6.33. The number of hydrogen-bond donors (Lipinski definition) is 2. The van der Waals surface area contributed by atoms with Crippen molar-refractivity contribution in [1.82, 2.24) is 10.3 Å². The van der Waals surface area contributed by atoms with Gasteiger partial charge in [-0.3, -0.25) is 10.4 Å². The van der Waals surface area contributed by atoms with Crippen LogP contribution in [0, 0.1) is 0 Å². The molecule has 2 rings (SSSR count). The van der Waals surface area contributed by atoms with Crippen LogP contribution in [0.4, 0.5) is 5.69 Å². The minimum absolute atomic E-state index is 0.730. The summed E-state index contributed by atoms with van der Waals surface area (Å²) in [5.41, 5.74) is 3.71. The predicted octanol–water partition coefficient (Wildman–Crippen LogP) is 0.911. The first-order valence-corrected chi connectivity index (χ1v) is 6.32. The van der Waals surface area contributed by atoms with Crippen molar-refractivity contribution in [2.24, 2.45) is 10.8 Å². The summed E-state index contributed by atoms with van der Waals surface area (Å²) in [4.78, 5) is 8.52. The highest BCUT2D eigenvalue weighted by atomic mass is 35.5. The van der Waals surface area contributed by atoms with Crippen LogP contribution >= 0.6 is 11.6 Å². The summed E-state index contributed by atoms with van der Waals surface area (Å²) in [5.74, 6) is 6.16. The van der Waals surface area contributed by atoms with Crippen molar-refractivity contribution < 1.29 is 0 Å². The van der Waals surface area contributed by atoms with Gasteiger partial charge < -0.3 is 9.80 Å². The van der Waals surface area contributed by atoms with E-state index in [4.69, 9.17) is 17.4 Å². The number of halogens is 1. The van der Waals surface area contributed by atoms with Crippen LogP contribution in [-0.2, 0) is 0 Å². The average Bonchev–Trinajstić information content (AvgIpc) is 2.42. The largest absolute Gasteiger partial charge is 0.367 e. The van der Waals surface area contributed by atoms with Crippen molar-refractivity contribution in [3.63, 3.8) is 0 Å². The van der Waals surface area contributed by atoms with Gasteiger partial charge in [-0.2, -0.15) is 0 Å². The zero-order valence-electron chi connectivity index (χ0n) is 10.4. The highest BCUT2D eigenvalue weighted by Crippen LogP contribution is 2.25. The van der Waals surface area contributed by atoms with Crippen molar-refractivity contribution in [3.8, 4) is 0 Å². The summed E-state index contributed by atoms with van der Waals surface area (Å²) in [6.45, 7) is 3.57. The molecule has 0 bridgehead atoms. The van der Waals surface area contributed by atoms with E-state index in [2.05, 4.69) is 20.2 Å². The van der Waals surface area contributed by atoms with Crippen molar-refractivity contribution >= 4 is 23.2 Å². The maximum atomic E-state index is 6.20. The van der Waals surface area contributed by atoms with Crippen LogP contribution in [-0.4, -0.2) is 44.1 Å². The summed E-state index contributed by atoms with van der Waals surface area (Å²) in [5, 5.41) is 0.798. The number of benzene rings is 1. The number of hydrogen-bond acceptors (Lipinski definition) is 3. The number of nitrogens with zero attached hydrogens (tertiary/aromatic N) is 3. The predicted molar refractivity (Wildman–Crippen MR) is 75.9 cm³/mol. The van der Waals surface area contributed by atoms with Crippen molar-refractivity contribution in [2.45, 2.75) is 0 Å². The second-order valence-electron chi connectivity index (χ2n) is 4.12. The Balaban J connectivity index is 2.01. The smallest absolute Gasteiger partial charge is 0.208 e. The molecule has 0 spiro atoms. The van der Waals surface area contributed by atoms with Gasteiger partial charge in [0.1, 0.15) is 0 Å². The van der Waals surface area contributed by atoms with Gasteiger partial charge in [0.05, 0.1) is 10.7 Å². The van der Waals surface area contributed by atoms with Crippen molar-refractivity contribution in [2.75, 3.05) is 38.1 Å². The summed E-state index contributed by atoms with van der Waals surface area (Å²) in [6, 6.07) is 7.92. The lowest BCUT2D eigenvalue weighted by Gasteiger charge is -2.37. The second-order valence-corrected chi connectivity index (χ2v) is 4.52. The number of nitrogens with one attached hydrogen (secondary N) is 1. The van der Waals surface area contributed by atoms with Gasteiger partial charge in [0.15, 0.2) is 0 Å². The lowest BCUT2D eigenvalue weighted by molar-refractivity contribution is 0.373.